The van der Waals surface area contributed by atoms with Crippen molar-refractivity contribution in [1.29, 1.82) is 0 Å². The van der Waals surface area contributed by atoms with Crippen LogP contribution in [0.25, 0.3) is 10.8 Å². The number of aromatic nitrogens is 1. The molecule has 132 valence electrons. The molecular formula is C19H15NO6. The van der Waals surface area contributed by atoms with E-state index in [1.54, 1.807) is 24.3 Å². The van der Waals surface area contributed by atoms with Gasteiger partial charge in [0.2, 0.25) is 0 Å². The largest absolute Gasteiger partial charge is 0.505 e. The zero-order valence-corrected chi connectivity index (χ0v) is 13.8. The molecule has 0 radical (unpaired) electrons. The average molecular weight is 353 g/mol. The number of rotatable bonds is 5. The first kappa shape index (κ1) is 17.2. The molecular weight excluding hydrogens is 338 g/mol. The van der Waals surface area contributed by atoms with Gasteiger partial charge < -0.3 is 19.7 Å². The quantitative estimate of drug-likeness (QED) is 0.676. The maximum atomic E-state index is 11.3. The number of carboxylic acids is 1. The second-order valence-electron chi connectivity index (χ2n) is 5.46. The highest BCUT2D eigenvalue weighted by Crippen LogP contribution is 2.34. The van der Waals surface area contributed by atoms with Crippen LogP contribution in [-0.4, -0.2) is 27.1 Å². The third kappa shape index (κ3) is 3.56. The van der Waals surface area contributed by atoms with Crippen molar-refractivity contribution in [3.63, 3.8) is 0 Å². The fourth-order valence-electron chi connectivity index (χ4n) is 2.46. The van der Waals surface area contributed by atoms with Gasteiger partial charge in [-0.3, -0.25) is 4.79 Å². The van der Waals surface area contributed by atoms with Crippen LogP contribution in [0.1, 0.15) is 23.1 Å². The number of carbonyl (C=O) groups is 2. The molecule has 26 heavy (non-hydrogen) atoms. The van der Waals surface area contributed by atoms with E-state index in [1.807, 2.05) is 18.2 Å². The Balaban J connectivity index is 2.10. The van der Waals surface area contributed by atoms with Gasteiger partial charge in [0.15, 0.2) is 11.4 Å². The van der Waals surface area contributed by atoms with E-state index in [2.05, 4.69) is 4.98 Å². The molecule has 0 spiro atoms. The zero-order valence-electron chi connectivity index (χ0n) is 13.8. The number of nitrogens with zero attached hydrogens (tertiary/aromatic N) is 1. The summed E-state index contributed by atoms with van der Waals surface area (Å²) in [6, 6.07) is 13.8. The summed E-state index contributed by atoms with van der Waals surface area (Å²) in [5, 5.41) is 20.1. The van der Waals surface area contributed by atoms with E-state index < -0.39 is 23.4 Å². The van der Waals surface area contributed by atoms with Gasteiger partial charge in [-0.25, -0.2) is 9.78 Å². The topological polar surface area (TPSA) is 106 Å². The van der Waals surface area contributed by atoms with E-state index in [0.717, 1.165) is 0 Å². The molecule has 0 bridgehead atoms. The number of hydrogen-bond donors (Lipinski definition) is 2. The number of ether oxygens (including phenoxy) is 2. The van der Waals surface area contributed by atoms with Crippen LogP contribution in [0.3, 0.4) is 0 Å². The molecule has 7 nitrogen and oxygen atoms in total. The molecule has 0 aliphatic heterocycles. The van der Waals surface area contributed by atoms with Crippen LogP contribution in [0, 0.1) is 0 Å². The molecule has 0 fully saturated rings. The molecule has 1 heterocycles. The Morgan fingerprint density at radius 3 is 2.42 bits per heavy atom. The molecule has 1 aromatic heterocycles. The molecule has 0 saturated heterocycles. The Bertz CT molecular complexity index is 984. The van der Waals surface area contributed by atoms with E-state index in [-0.39, 0.29) is 17.7 Å². The Hall–Kier alpha value is -3.61. The number of pyridine rings is 1. The summed E-state index contributed by atoms with van der Waals surface area (Å²) >= 11 is 0. The summed E-state index contributed by atoms with van der Waals surface area (Å²) in [5.74, 6) is -1.27. The second-order valence-corrected chi connectivity index (χ2v) is 5.46. The molecule has 2 N–H and O–H groups in total. The number of fused-ring (bicyclic) bond motifs is 1. The van der Waals surface area contributed by atoms with Crippen LogP contribution in [0.15, 0.2) is 48.5 Å². The van der Waals surface area contributed by atoms with Crippen LogP contribution in [-0.2, 0) is 16.1 Å². The molecule has 0 aliphatic rings. The maximum Gasteiger partial charge on any atom is 0.358 e. The monoisotopic (exact) mass is 353 g/mol. The van der Waals surface area contributed by atoms with Gasteiger partial charge in [0.05, 0.1) is 5.69 Å². The second kappa shape index (κ2) is 7.10. The predicted octanol–water partition coefficient (Wildman–Crippen LogP) is 3.49. The lowest BCUT2D eigenvalue weighted by Crippen LogP contribution is -2.07. The Morgan fingerprint density at radius 1 is 1.04 bits per heavy atom. The lowest BCUT2D eigenvalue weighted by molar-refractivity contribution is -0.142. The number of aromatic carboxylic acids is 1. The standard InChI is InChI=1S/C19H15NO6/c1-11(21)25-10-16-15-9-13(26-12-5-3-2-4-6-12)7-8-14(15)18(22)17(20-16)19(23)24/h2-9,22H,10H2,1H3,(H,23,24). The van der Waals surface area contributed by atoms with Gasteiger partial charge in [0.1, 0.15) is 18.1 Å². The van der Waals surface area contributed by atoms with Crippen LogP contribution < -0.4 is 4.74 Å². The number of benzene rings is 2. The molecule has 0 unspecified atom stereocenters. The van der Waals surface area contributed by atoms with Gasteiger partial charge >= 0.3 is 11.9 Å². The summed E-state index contributed by atoms with van der Waals surface area (Å²) in [6.45, 7) is 1.02. The highest BCUT2D eigenvalue weighted by molar-refractivity contribution is 5.99. The summed E-state index contributed by atoms with van der Waals surface area (Å²) in [5.41, 5.74) is -0.291. The maximum absolute atomic E-state index is 11.3. The van der Waals surface area contributed by atoms with Gasteiger partial charge in [-0.2, -0.15) is 0 Å². The van der Waals surface area contributed by atoms with E-state index in [4.69, 9.17) is 9.47 Å². The summed E-state index contributed by atoms with van der Waals surface area (Å²) < 4.78 is 10.7. The SMILES string of the molecule is CC(=O)OCc1nc(C(=O)O)c(O)c2ccc(Oc3ccccc3)cc12. The summed E-state index contributed by atoms with van der Waals surface area (Å²) in [6.07, 6.45) is 0. The Kier molecular flexibility index (Phi) is 4.70. The molecule has 0 amide bonds. The molecule has 2 aromatic carbocycles. The van der Waals surface area contributed by atoms with Crippen molar-refractivity contribution >= 4 is 22.7 Å². The van der Waals surface area contributed by atoms with E-state index in [1.165, 1.54) is 13.0 Å². The third-order valence-electron chi connectivity index (χ3n) is 3.62. The molecule has 3 aromatic rings. The Labute approximate surface area is 148 Å². The lowest BCUT2D eigenvalue weighted by Gasteiger charge is -2.12. The van der Waals surface area contributed by atoms with Crippen molar-refractivity contribution in [2.45, 2.75) is 13.5 Å². The van der Waals surface area contributed by atoms with Crippen LogP contribution in [0.4, 0.5) is 0 Å². The van der Waals surface area contributed by atoms with Gasteiger partial charge in [-0.15, -0.1) is 0 Å². The fraction of sp³-hybridized carbons (Fsp3) is 0.105. The van der Waals surface area contributed by atoms with Crippen LogP contribution in [0.2, 0.25) is 0 Å². The van der Waals surface area contributed by atoms with Crippen molar-refractivity contribution in [3.8, 4) is 17.2 Å². The molecule has 0 atom stereocenters. The number of carboxylic acid groups (broad SMARTS) is 1. The first-order valence-electron chi connectivity index (χ1n) is 7.71. The van der Waals surface area contributed by atoms with E-state index >= 15 is 0 Å². The van der Waals surface area contributed by atoms with Gasteiger partial charge in [0, 0.05) is 17.7 Å². The highest BCUT2D eigenvalue weighted by Gasteiger charge is 2.19. The van der Waals surface area contributed by atoms with Crippen molar-refractivity contribution in [1.82, 2.24) is 4.98 Å². The normalized spacial score (nSPS) is 10.5. The number of para-hydroxylation sites is 1. The Morgan fingerprint density at radius 2 is 1.77 bits per heavy atom. The van der Waals surface area contributed by atoms with E-state index in [9.17, 15) is 19.8 Å². The smallest absolute Gasteiger partial charge is 0.358 e. The fourth-order valence-corrected chi connectivity index (χ4v) is 2.46. The van der Waals surface area contributed by atoms with Crippen molar-refractivity contribution in [2.24, 2.45) is 0 Å². The predicted molar refractivity (Wildman–Crippen MR) is 92.4 cm³/mol. The average Bonchev–Trinajstić information content (AvgIpc) is 2.61. The minimum Gasteiger partial charge on any atom is -0.505 e. The van der Waals surface area contributed by atoms with Crippen LogP contribution >= 0.6 is 0 Å². The van der Waals surface area contributed by atoms with Gasteiger partial charge in [0.25, 0.3) is 0 Å². The minimum absolute atomic E-state index is 0.212. The minimum atomic E-state index is -1.38. The van der Waals surface area contributed by atoms with Gasteiger partial charge in [-0.05, 0) is 30.3 Å². The van der Waals surface area contributed by atoms with Crippen LogP contribution in [0.5, 0.6) is 17.2 Å². The third-order valence-corrected chi connectivity index (χ3v) is 3.62. The number of carbonyl (C=O) groups excluding carboxylic acids is 1. The molecule has 3 rings (SSSR count). The first-order chi connectivity index (χ1) is 12.5. The molecule has 0 saturated carbocycles. The van der Waals surface area contributed by atoms with E-state index in [0.29, 0.717) is 16.9 Å². The first-order valence-corrected chi connectivity index (χ1v) is 7.71. The number of hydrogen-bond acceptors (Lipinski definition) is 6. The lowest BCUT2D eigenvalue weighted by atomic mass is 10.1. The van der Waals surface area contributed by atoms with Crippen molar-refractivity contribution in [2.75, 3.05) is 0 Å². The summed E-state index contributed by atoms with van der Waals surface area (Å²) in [7, 11) is 0. The molecule has 0 aliphatic carbocycles. The highest BCUT2D eigenvalue weighted by atomic mass is 16.5. The number of esters is 1. The van der Waals surface area contributed by atoms with Crippen molar-refractivity contribution < 1.29 is 29.3 Å². The summed E-state index contributed by atoms with van der Waals surface area (Å²) in [4.78, 5) is 26.4. The van der Waals surface area contributed by atoms with Crippen molar-refractivity contribution in [3.05, 3.63) is 59.9 Å². The zero-order chi connectivity index (χ0) is 18.7. The van der Waals surface area contributed by atoms with Gasteiger partial charge in [-0.1, -0.05) is 18.2 Å². The molecule has 7 heteroatoms. The number of aromatic hydroxyl groups is 1.